The van der Waals surface area contributed by atoms with Crippen LogP contribution in [0.1, 0.15) is 17.0 Å². The van der Waals surface area contributed by atoms with Crippen LogP contribution < -0.4 is 19.9 Å². The second-order valence-corrected chi connectivity index (χ2v) is 6.40. The zero-order valence-electron chi connectivity index (χ0n) is 15.8. The van der Waals surface area contributed by atoms with Crippen LogP contribution in [0.4, 0.5) is 0 Å². The second kappa shape index (κ2) is 7.13. The minimum atomic E-state index is -0.508. The Morgan fingerprint density at radius 1 is 1.14 bits per heavy atom. The summed E-state index contributed by atoms with van der Waals surface area (Å²) in [5, 5.41) is 26.6. The highest BCUT2D eigenvalue weighted by molar-refractivity contribution is 5.73. The van der Waals surface area contributed by atoms with E-state index in [2.05, 4.69) is 16.3 Å². The number of phenolic OH excluding ortho intramolecular Hbond substituents is 1. The molecule has 146 valence electrons. The van der Waals surface area contributed by atoms with Crippen molar-refractivity contribution in [1.82, 2.24) is 10.2 Å². The first-order valence-corrected chi connectivity index (χ1v) is 8.74. The summed E-state index contributed by atoms with van der Waals surface area (Å²) in [6.07, 6.45) is 0. The molecule has 0 bridgehead atoms. The van der Waals surface area contributed by atoms with Crippen LogP contribution in [0, 0.1) is 11.3 Å². The summed E-state index contributed by atoms with van der Waals surface area (Å²) in [5.74, 6) is 1.07. The number of aromatic amines is 1. The number of nitrogens with two attached hydrogens (primary N) is 1. The number of phenols is 1. The number of hydrogen-bond acceptors (Lipinski definition) is 7. The Labute approximate surface area is 166 Å². The number of nitrogens with zero attached hydrogens (tertiary/aromatic N) is 2. The molecule has 8 nitrogen and oxygen atoms in total. The number of methoxy groups -OCH3 is 2. The van der Waals surface area contributed by atoms with Crippen molar-refractivity contribution in [1.29, 1.82) is 5.26 Å². The van der Waals surface area contributed by atoms with Crippen LogP contribution >= 0.6 is 0 Å². The third kappa shape index (κ3) is 2.99. The molecule has 4 N–H and O–H groups in total. The lowest BCUT2D eigenvalue weighted by Gasteiger charge is -2.24. The largest absolute Gasteiger partial charge is 0.508 e. The number of nitrogens with one attached hydrogen (secondary N) is 1. The predicted octanol–water partition coefficient (Wildman–Crippen LogP) is 3.02. The molecule has 2 aromatic carbocycles. The minimum absolute atomic E-state index is 0.00318. The van der Waals surface area contributed by atoms with Crippen LogP contribution in [-0.4, -0.2) is 29.5 Å². The zero-order chi connectivity index (χ0) is 20.5. The summed E-state index contributed by atoms with van der Waals surface area (Å²) < 4.78 is 16.3. The predicted molar refractivity (Wildman–Crippen MR) is 105 cm³/mol. The fourth-order valence-electron chi connectivity index (χ4n) is 3.46. The van der Waals surface area contributed by atoms with Crippen molar-refractivity contribution < 1.29 is 19.3 Å². The molecule has 2 heterocycles. The SMILES string of the molecule is COc1ccc(-c2[nH]nc3c2[C@H](c2ccc(O)cc2)C(C#N)=C(N)O3)cc1OC. The monoisotopic (exact) mass is 390 g/mol. The summed E-state index contributed by atoms with van der Waals surface area (Å²) in [7, 11) is 3.13. The maximum absolute atomic E-state index is 9.74. The number of allylic oxidation sites excluding steroid dienone is 1. The van der Waals surface area contributed by atoms with Crippen LogP contribution in [0.25, 0.3) is 11.3 Å². The molecule has 0 spiro atoms. The lowest BCUT2D eigenvalue weighted by atomic mass is 9.83. The molecular weight excluding hydrogens is 372 g/mol. The van der Waals surface area contributed by atoms with Gasteiger partial charge in [-0.3, -0.25) is 5.10 Å². The van der Waals surface area contributed by atoms with Crippen molar-refractivity contribution in [3.63, 3.8) is 0 Å². The highest BCUT2D eigenvalue weighted by atomic mass is 16.5. The standard InChI is InChI=1S/C21H18N4O4/c1-27-15-8-5-12(9-16(15)28-2)19-18-17(11-3-6-13(26)7-4-11)14(10-22)20(23)29-21(18)25-24-19/h3-9,17,26H,23H2,1-2H3,(H,24,25)/t17-/m1/s1. The van der Waals surface area contributed by atoms with Crippen LogP contribution in [0.2, 0.25) is 0 Å². The van der Waals surface area contributed by atoms with E-state index in [9.17, 15) is 10.4 Å². The number of rotatable bonds is 4. The molecule has 1 aliphatic rings. The molecule has 1 atom stereocenters. The zero-order valence-corrected chi connectivity index (χ0v) is 15.8. The molecule has 0 saturated heterocycles. The van der Waals surface area contributed by atoms with Gasteiger partial charge in [-0.1, -0.05) is 12.1 Å². The van der Waals surface area contributed by atoms with Gasteiger partial charge in [0.05, 0.1) is 31.4 Å². The van der Waals surface area contributed by atoms with Crippen molar-refractivity contribution in [3.8, 4) is 40.5 Å². The fourth-order valence-corrected chi connectivity index (χ4v) is 3.46. The molecule has 0 unspecified atom stereocenters. The number of ether oxygens (including phenoxy) is 3. The van der Waals surface area contributed by atoms with Crippen LogP contribution in [-0.2, 0) is 0 Å². The summed E-state index contributed by atoms with van der Waals surface area (Å²) in [6.45, 7) is 0. The first-order chi connectivity index (χ1) is 14.1. The van der Waals surface area contributed by atoms with E-state index >= 15 is 0 Å². The van der Waals surface area contributed by atoms with Gasteiger partial charge >= 0.3 is 0 Å². The Balaban J connectivity index is 1.92. The average molecular weight is 390 g/mol. The van der Waals surface area contributed by atoms with E-state index in [0.717, 1.165) is 11.1 Å². The van der Waals surface area contributed by atoms with Crippen LogP contribution in [0.15, 0.2) is 53.9 Å². The first-order valence-electron chi connectivity index (χ1n) is 8.74. The molecule has 0 aliphatic carbocycles. The third-order valence-electron chi connectivity index (χ3n) is 4.84. The van der Waals surface area contributed by atoms with E-state index in [4.69, 9.17) is 19.9 Å². The lowest BCUT2D eigenvalue weighted by molar-refractivity contribution is 0.355. The Hall–Kier alpha value is -4.12. The fraction of sp³-hybridized carbons (Fsp3) is 0.143. The van der Waals surface area contributed by atoms with Gasteiger partial charge in [0, 0.05) is 5.56 Å². The van der Waals surface area contributed by atoms with Gasteiger partial charge in [0.15, 0.2) is 11.5 Å². The van der Waals surface area contributed by atoms with Crippen molar-refractivity contribution in [2.75, 3.05) is 14.2 Å². The summed E-state index contributed by atoms with van der Waals surface area (Å²) >= 11 is 0. The Morgan fingerprint density at radius 2 is 1.86 bits per heavy atom. The van der Waals surface area contributed by atoms with Crippen LogP contribution in [0.3, 0.4) is 0 Å². The van der Waals surface area contributed by atoms with Crippen LogP contribution in [0.5, 0.6) is 23.1 Å². The lowest BCUT2D eigenvalue weighted by Crippen LogP contribution is -2.20. The van der Waals surface area contributed by atoms with Gasteiger partial charge in [0.25, 0.3) is 0 Å². The topological polar surface area (TPSA) is 126 Å². The first kappa shape index (κ1) is 18.3. The molecule has 1 aromatic heterocycles. The maximum Gasteiger partial charge on any atom is 0.244 e. The Bertz CT molecular complexity index is 1140. The minimum Gasteiger partial charge on any atom is -0.508 e. The maximum atomic E-state index is 9.74. The summed E-state index contributed by atoms with van der Waals surface area (Å²) in [5.41, 5.74) is 9.15. The Morgan fingerprint density at radius 3 is 2.52 bits per heavy atom. The highest BCUT2D eigenvalue weighted by Gasteiger charge is 2.35. The second-order valence-electron chi connectivity index (χ2n) is 6.40. The van der Waals surface area contributed by atoms with E-state index in [1.54, 1.807) is 44.6 Å². The Kier molecular flexibility index (Phi) is 4.49. The molecule has 8 heteroatoms. The van der Waals surface area contributed by atoms with E-state index in [1.807, 2.05) is 12.1 Å². The van der Waals surface area contributed by atoms with Gasteiger partial charge in [0.1, 0.15) is 17.4 Å². The summed E-state index contributed by atoms with van der Waals surface area (Å²) in [4.78, 5) is 0. The number of hydrogen-bond donors (Lipinski definition) is 3. The van der Waals surface area contributed by atoms with E-state index in [1.165, 1.54) is 0 Å². The molecule has 4 rings (SSSR count). The summed E-state index contributed by atoms with van der Waals surface area (Å²) in [6, 6.07) is 14.2. The molecular formula is C21H18N4O4. The average Bonchev–Trinajstić information content (AvgIpc) is 3.16. The van der Waals surface area contributed by atoms with Gasteiger partial charge in [-0.15, -0.1) is 5.10 Å². The van der Waals surface area contributed by atoms with E-state index in [0.29, 0.717) is 28.6 Å². The molecule has 3 aromatic rings. The molecule has 1 aliphatic heterocycles. The molecule has 0 amide bonds. The molecule has 0 saturated carbocycles. The number of H-pyrrole nitrogens is 1. The van der Waals surface area contributed by atoms with Gasteiger partial charge in [-0.2, -0.15) is 5.26 Å². The molecule has 29 heavy (non-hydrogen) atoms. The number of aromatic hydroxyl groups is 1. The quantitative estimate of drug-likeness (QED) is 0.625. The number of aromatic nitrogens is 2. The molecule has 0 radical (unpaired) electrons. The van der Waals surface area contributed by atoms with Crippen molar-refractivity contribution in [2.45, 2.75) is 5.92 Å². The van der Waals surface area contributed by atoms with Crippen molar-refractivity contribution >= 4 is 0 Å². The number of nitriles is 1. The van der Waals surface area contributed by atoms with E-state index in [-0.39, 0.29) is 17.2 Å². The number of fused-ring (bicyclic) bond motifs is 1. The van der Waals surface area contributed by atoms with Gasteiger partial charge in [0.2, 0.25) is 11.8 Å². The van der Waals surface area contributed by atoms with Gasteiger partial charge in [-0.05, 0) is 35.9 Å². The van der Waals surface area contributed by atoms with Gasteiger partial charge in [-0.25, -0.2) is 0 Å². The third-order valence-corrected chi connectivity index (χ3v) is 4.84. The van der Waals surface area contributed by atoms with Gasteiger partial charge < -0.3 is 25.1 Å². The normalized spacial score (nSPS) is 15.3. The van der Waals surface area contributed by atoms with Crippen molar-refractivity contribution in [2.24, 2.45) is 5.73 Å². The molecule has 0 fully saturated rings. The van der Waals surface area contributed by atoms with Crippen molar-refractivity contribution in [3.05, 3.63) is 65.0 Å². The smallest absolute Gasteiger partial charge is 0.244 e. The highest BCUT2D eigenvalue weighted by Crippen LogP contribution is 2.46. The number of benzene rings is 2. The van der Waals surface area contributed by atoms with E-state index < -0.39 is 5.92 Å².